The van der Waals surface area contributed by atoms with Crippen LogP contribution in [0.15, 0.2) is 52.9 Å². The van der Waals surface area contributed by atoms with Crippen molar-refractivity contribution >= 4 is 11.0 Å². The number of hydrogen-bond acceptors (Lipinski definition) is 3. The van der Waals surface area contributed by atoms with Crippen LogP contribution in [0.3, 0.4) is 0 Å². The molecule has 0 aliphatic carbocycles. The Labute approximate surface area is 135 Å². The molecule has 4 nitrogen and oxygen atoms in total. The van der Waals surface area contributed by atoms with E-state index >= 15 is 0 Å². The fraction of sp³-hybridized carbons (Fsp3) is 0.211. The Hall–Kier alpha value is -2.75. The quantitative estimate of drug-likeness (QED) is 0.635. The number of ether oxygens (including phenoxy) is 3. The van der Waals surface area contributed by atoms with Gasteiger partial charge >= 0.3 is 11.3 Å². The SMILES string of the molecule is CCOc1cc(-c2ccc(OC)cc2)[o+]c2ccc(OC)cc12. The van der Waals surface area contributed by atoms with E-state index in [4.69, 9.17) is 18.6 Å². The number of rotatable bonds is 5. The predicted octanol–water partition coefficient (Wildman–Crippen LogP) is 4.80. The van der Waals surface area contributed by atoms with Gasteiger partial charge in [-0.2, -0.15) is 0 Å². The first kappa shape index (κ1) is 15.2. The van der Waals surface area contributed by atoms with E-state index in [-0.39, 0.29) is 0 Å². The van der Waals surface area contributed by atoms with E-state index < -0.39 is 0 Å². The van der Waals surface area contributed by atoms with Crippen LogP contribution >= 0.6 is 0 Å². The molecule has 0 atom stereocenters. The molecule has 1 heterocycles. The fourth-order valence-corrected chi connectivity index (χ4v) is 2.43. The zero-order valence-corrected chi connectivity index (χ0v) is 13.5. The van der Waals surface area contributed by atoms with Crippen LogP contribution in [-0.4, -0.2) is 20.8 Å². The molecule has 0 radical (unpaired) electrons. The summed E-state index contributed by atoms with van der Waals surface area (Å²) < 4.78 is 22.3. The summed E-state index contributed by atoms with van der Waals surface area (Å²) in [6.07, 6.45) is 0. The Morgan fingerprint density at radius 3 is 2.22 bits per heavy atom. The molecule has 0 amide bonds. The van der Waals surface area contributed by atoms with Gasteiger partial charge in [0.25, 0.3) is 0 Å². The van der Waals surface area contributed by atoms with Gasteiger partial charge in [-0.05, 0) is 37.3 Å². The summed E-state index contributed by atoms with van der Waals surface area (Å²) in [5.74, 6) is 3.10. The van der Waals surface area contributed by atoms with Crippen LogP contribution in [0.2, 0.25) is 0 Å². The molecule has 2 aromatic carbocycles. The fourth-order valence-electron chi connectivity index (χ4n) is 2.43. The lowest BCUT2D eigenvalue weighted by molar-refractivity contribution is 0.342. The van der Waals surface area contributed by atoms with Crippen LogP contribution in [-0.2, 0) is 0 Å². The first-order valence-electron chi connectivity index (χ1n) is 7.47. The third-order valence-electron chi connectivity index (χ3n) is 3.61. The summed E-state index contributed by atoms with van der Waals surface area (Å²) >= 11 is 0. The van der Waals surface area contributed by atoms with E-state index in [0.29, 0.717) is 6.61 Å². The third-order valence-corrected chi connectivity index (χ3v) is 3.61. The molecule has 0 aliphatic rings. The highest BCUT2D eigenvalue weighted by molar-refractivity contribution is 5.87. The van der Waals surface area contributed by atoms with Gasteiger partial charge in [-0.3, -0.25) is 0 Å². The molecular weight excluding hydrogens is 292 g/mol. The van der Waals surface area contributed by atoms with Gasteiger partial charge in [0, 0.05) is 12.1 Å². The molecule has 118 valence electrons. The molecule has 23 heavy (non-hydrogen) atoms. The van der Waals surface area contributed by atoms with Gasteiger partial charge in [0.2, 0.25) is 0 Å². The largest absolute Gasteiger partial charge is 0.497 e. The zero-order valence-electron chi connectivity index (χ0n) is 13.5. The minimum atomic E-state index is 0.582. The van der Waals surface area contributed by atoms with Crippen molar-refractivity contribution < 1.29 is 18.6 Å². The Bertz CT molecular complexity index is 809. The molecule has 0 aliphatic heterocycles. The molecule has 0 bridgehead atoms. The van der Waals surface area contributed by atoms with Crippen LogP contribution in [0.5, 0.6) is 17.2 Å². The molecular formula is C19H19O4+. The highest BCUT2D eigenvalue weighted by Gasteiger charge is 2.20. The number of benzene rings is 2. The average Bonchev–Trinajstić information content (AvgIpc) is 2.61. The first-order chi connectivity index (χ1) is 11.2. The topological polar surface area (TPSA) is 39.0 Å². The average molecular weight is 311 g/mol. The maximum absolute atomic E-state index is 6.03. The standard InChI is InChI=1S/C19H19O4/c1-4-22-19-12-18(13-5-7-14(20-2)8-6-13)23-17-10-9-15(21-3)11-16(17)19/h5-12H,4H2,1-3H3/q+1. The van der Waals surface area contributed by atoms with Gasteiger partial charge in [-0.1, -0.05) is 0 Å². The van der Waals surface area contributed by atoms with E-state index in [1.807, 2.05) is 55.5 Å². The van der Waals surface area contributed by atoms with Crippen molar-refractivity contribution in [3.8, 4) is 28.6 Å². The van der Waals surface area contributed by atoms with Crippen molar-refractivity contribution in [2.75, 3.05) is 20.8 Å². The smallest absolute Gasteiger partial charge is 0.364 e. The molecule has 0 saturated heterocycles. The molecule has 0 fully saturated rings. The summed E-state index contributed by atoms with van der Waals surface area (Å²) in [7, 11) is 3.29. The lowest BCUT2D eigenvalue weighted by Crippen LogP contribution is -1.94. The second-order valence-corrected chi connectivity index (χ2v) is 5.00. The van der Waals surface area contributed by atoms with Crippen molar-refractivity contribution in [1.82, 2.24) is 0 Å². The molecule has 0 unspecified atom stereocenters. The molecule has 1 aromatic heterocycles. The minimum Gasteiger partial charge on any atom is -0.497 e. The summed E-state index contributed by atoms with van der Waals surface area (Å²) in [5, 5.41) is 0.892. The molecule has 0 saturated carbocycles. The lowest BCUT2D eigenvalue weighted by atomic mass is 10.1. The lowest BCUT2D eigenvalue weighted by Gasteiger charge is -2.05. The monoisotopic (exact) mass is 311 g/mol. The summed E-state index contributed by atoms with van der Waals surface area (Å²) in [4.78, 5) is 0. The van der Waals surface area contributed by atoms with Crippen LogP contribution in [0, 0.1) is 0 Å². The highest BCUT2D eigenvalue weighted by Crippen LogP contribution is 2.35. The van der Waals surface area contributed by atoms with Gasteiger partial charge in [-0.25, -0.2) is 4.42 Å². The van der Waals surface area contributed by atoms with E-state index in [1.165, 1.54) is 0 Å². The Kier molecular flexibility index (Phi) is 4.33. The number of hydrogen-bond donors (Lipinski definition) is 0. The predicted molar refractivity (Wildman–Crippen MR) is 90.3 cm³/mol. The van der Waals surface area contributed by atoms with Crippen molar-refractivity contribution in [1.29, 1.82) is 0 Å². The maximum atomic E-state index is 6.03. The Balaban J connectivity index is 2.13. The Morgan fingerprint density at radius 1 is 0.870 bits per heavy atom. The summed E-state index contributed by atoms with van der Waals surface area (Å²) in [6.45, 7) is 2.54. The van der Waals surface area contributed by atoms with E-state index in [0.717, 1.165) is 39.5 Å². The Morgan fingerprint density at radius 2 is 1.57 bits per heavy atom. The minimum absolute atomic E-state index is 0.582. The number of fused-ring (bicyclic) bond motifs is 1. The van der Waals surface area contributed by atoms with E-state index in [9.17, 15) is 0 Å². The first-order valence-corrected chi connectivity index (χ1v) is 7.47. The second kappa shape index (κ2) is 6.57. The summed E-state index contributed by atoms with van der Waals surface area (Å²) in [5.41, 5.74) is 1.71. The molecule has 4 heteroatoms. The van der Waals surface area contributed by atoms with E-state index in [2.05, 4.69) is 0 Å². The molecule has 3 rings (SSSR count). The number of methoxy groups -OCH3 is 2. The van der Waals surface area contributed by atoms with Gasteiger partial charge in [0.05, 0.1) is 32.5 Å². The van der Waals surface area contributed by atoms with E-state index in [1.54, 1.807) is 14.2 Å². The van der Waals surface area contributed by atoms with Gasteiger partial charge in [0.15, 0.2) is 0 Å². The van der Waals surface area contributed by atoms with Crippen molar-refractivity contribution in [2.24, 2.45) is 0 Å². The van der Waals surface area contributed by atoms with Crippen molar-refractivity contribution in [3.63, 3.8) is 0 Å². The normalized spacial score (nSPS) is 10.6. The third kappa shape index (κ3) is 3.06. The van der Waals surface area contributed by atoms with Crippen molar-refractivity contribution in [3.05, 3.63) is 48.5 Å². The highest BCUT2D eigenvalue weighted by atomic mass is 16.5. The maximum Gasteiger partial charge on any atom is 0.364 e. The zero-order chi connectivity index (χ0) is 16.2. The van der Waals surface area contributed by atoms with Gasteiger partial charge in [0.1, 0.15) is 22.6 Å². The molecule has 0 spiro atoms. The molecule has 3 aromatic rings. The van der Waals surface area contributed by atoms with Crippen LogP contribution in [0.1, 0.15) is 6.92 Å². The summed E-state index contributed by atoms with van der Waals surface area (Å²) in [6, 6.07) is 15.3. The molecule has 0 N–H and O–H groups in total. The second-order valence-electron chi connectivity index (χ2n) is 5.00. The van der Waals surface area contributed by atoms with Crippen LogP contribution < -0.4 is 14.2 Å². The van der Waals surface area contributed by atoms with Gasteiger partial charge < -0.3 is 14.2 Å². The van der Waals surface area contributed by atoms with Crippen LogP contribution in [0.4, 0.5) is 0 Å². The van der Waals surface area contributed by atoms with Gasteiger partial charge in [-0.15, -0.1) is 0 Å². The van der Waals surface area contributed by atoms with Crippen LogP contribution in [0.25, 0.3) is 22.3 Å². The van der Waals surface area contributed by atoms with Crippen molar-refractivity contribution in [2.45, 2.75) is 6.92 Å².